The Morgan fingerprint density at radius 2 is 2.46 bits per heavy atom. The Kier molecular flexibility index (Phi) is 3.67. The molecular formula is C9H10BrIOS. The van der Waals surface area contributed by atoms with Gasteiger partial charge in [0.05, 0.1) is 12.2 Å². The molecule has 1 aliphatic rings. The third-order valence-electron chi connectivity index (χ3n) is 2.22. The molecule has 1 saturated heterocycles. The largest absolute Gasteiger partial charge is 0.369 e. The monoisotopic (exact) mass is 372 g/mol. The van der Waals surface area contributed by atoms with Crippen molar-refractivity contribution in [3.63, 3.8) is 0 Å². The van der Waals surface area contributed by atoms with Crippen LogP contribution in [0, 0.1) is 0 Å². The molecule has 0 N–H and O–H groups in total. The van der Waals surface area contributed by atoms with E-state index >= 15 is 0 Å². The van der Waals surface area contributed by atoms with E-state index in [1.54, 1.807) is 11.3 Å². The molecule has 1 fully saturated rings. The molecule has 72 valence electrons. The van der Waals surface area contributed by atoms with Gasteiger partial charge in [0.1, 0.15) is 0 Å². The van der Waals surface area contributed by atoms with Gasteiger partial charge in [-0.3, -0.25) is 0 Å². The van der Waals surface area contributed by atoms with Crippen LogP contribution in [-0.4, -0.2) is 10.5 Å². The van der Waals surface area contributed by atoms with Crippen molar-refractivity contribution in [1.82, 2.24) is 0 Å². The third kappa shape index (κ3) is 2.27. The Morgan fingerprint density at radius 3 is 3.00 bits per heavy atom. The second-order valence-corrected chi connectivity index (χ2v) is 5.79. The summed E-state index contributed by atoms with van der Waals surface area (Å²) in [4.78, 5) is 1.35. The lowest BCUT2D eigenvalue weighted by Crippen LogP contribution is -2.06. The number of hydrogen-bond donors (Lipinski definition) is 0. The number of hydrogen-bond acceptors (Lipinski definition) is 2. The molecular weight excluding hydrogens is 363 g/mol. The average molecular weight is 373 g/mol. The minimum Gasteiger partial charge on any atom is -0.369 e. The molecule has 0 bridgehead atoms. The standard InChI is InChI=1S/C9H10BrIOS/c10-7-3-4-13-9(7)8-2-1-6(5-11)12-8/h3-4,6,8H,1-2,5H2. The SMILES string of the molecule is Brc1ccsc1C1CCC(CI)O1. The van der Waals surface area contributed by atoms with Crippen molar-refractivity contribution in [3.05, 3.63) is 20.8 Å². The van der Waals surface area contributed by atoms with Crippen molar-refractivity contribution in [2.24, 2.45) is 0 Å². The van der Waals surface area contributed by atoms with E-state index < -0.39 is 0 Å². The molecule has 4 heteroatoms. The van der Waals surface area contributed by atoms with Crippen molar-refractivity contribution in [2.45, 2.75) is 25.0 Å². The fraction of sp³-hybridized carbons (Fsp3) is 0.556. The number of alkyl halides is 1. The van der Waals surface area contributed by atoms with Crippen LogP contribution in [0.2, 0.25) is 0 Å². The van der Waals surface area contributed by atoms with Gasteiger partial charge in [0.15, 0.2) is 0 Å². The predicted molar refractivity (Wildman–Crippen MR) is 67.8 cm³/mol. The van der Waals surface area contributed by atoms with Gasteiger partial charge in [-0.1, -0.05) is 22.6 Å². The molecule has 1 nitrogen and oxygen atoms in total. The Balaban J connectivity index is 2.08. The summed E-state index contributed by atoms with van der Waals surface area (Å²) in [5.74, 6) is 0. The van der Waals surface area contributed by atoms with Crippen molar-refractivity contribution in [3.8, 4) is 0 Å². The van der Waals surface area contributed by atoms with Crippen LogP contribution >= 0.6 is 49.9 Å². The maximum atomic E-state index is 5.91. The van der Waals surface area contributed by atoms with Crippen LogP contribution in [0.1, 0.15) is 23.8 Å². The molecule has 13 heavy (non-hydrogen) atoms. The predicted octanol–water partition coefficient (Wildman–Crippen LogP) is 4.17. The smallest absolute Gasteiger partial charge is 0.0933 e. The topological polar surface area (TPSA) is 9.23 Å². The van der Waals surface area contributed by atoms with Crippen molar-refractivity contribution in [1.29, 1.82) is 0 Å². The summed E-state index contributed by atoms with van der Waals surface area (Å²) in [6, 6.07) is 2.10. The highest BCUT2D eigenvalue weighted by Crippen LogP contribution is 2.39. The summed E-state index contributed by atoms with van der Waals surface area (Å²) in [6.45, 7) is 0. The molecule has 0 aliphatic carbocycles. The number of ether oxygens (including phenoxy) is 1. The van der Waals surface area contributed by atoms with Gasteiger partial charge in [0.2, 0.25) is 0 Å². The average Bonchev–Trinajstić information content (AvgIpc) is 2.71. The van der Waals surface area contributed by atoms with E-state index in [2.05, 4.69) is 50.0 Å². The number of rotatable bonds is 2. The van der Waals surface area contributed by atoms with Crippen molar-refractivity contribution >= 4 is 49.9 Å². The van der Waals surface area contributed by atoms with Gasteiger partial charge in [-0.15, -0.1) is 11.3 Å². The molecule has 1 aromatic rings. The van der Waals surface area contributed by atoms with Gasteiger partial charge in [-0.2, -0.15) is 0 Å². The summed E-state index contributed by atoms with van der Waals surface area (Å²) in [6.07, 6.45) is 3.19. The molecule has 0 amide bonds. The highest BCUT2D eigenvalue weighted by atomic mass is 127. The molecule has 0 saturated carbocycles. The van der Waals surface area contributed by atoms with E-state index in [0.29, 0.717) is 12.2 Å². The van der Waals surface area contributed by atoms with E-state index in [9.17, 15) is 0 Å². The lowest BCUT2D eigenvalue weighted by molar-refractivity contribution is 0.0615. The van der Waals surface area contributed by atoms with Gasteiger partial charge < -0.3 is 4.74 Å². The second-order valence-electron chi connectivity index (χ2n) is 3.11. The number of thiophene rings is 1. The first-order valence-electron chi connectivity index (χ1n) is 4.25. The molecule has 1 aromatic heterocycles. The Labute approximate surface area is 104 Å². The number of halogens is 2. The van der Waals surface area contributed by atoms with E-state index in [4.69, 9.17) is 4.74 Å². The molecule has 2 heterocycles. The molecule has 0 radical (unpaired) electrons. The lowest BCUT2D eigenvalue weighted by Gasteiger charge is -2.10. The van der Waals surface area contributed by atoms with E-state index in [1.165, 1.54) is 22.2 Å². The van der Waals surface area contributed by atoms with Gasteiger partial charge in [0.25, 0.3) is 0 Å². The summed E-state index contributed by atoms with van der Waals surface area (Å²) in [7, 11) is 0. The van der Waals surface area contributed by atoms with Crippen molar-refractivity contribution < 1.29 is 4.74 Å². The summed E-state index contributed by atoms with van der Waals surface area (Å²) >= 11 is 7.72. The van der Waals surface area contributed by atoms with Gasteiger partial charge in [-0.25, -0.2) is 0 Å². The van der Waals surface area contributed by atoms with E-state index in [-0.39, 0.29) is 0 Å². The second kappa shape index (κ2) is 4.59. The molecule has 0 spiro atoms. The first-order chi connectivity index (χ1) is 6.31. The van der Waals surface area contributed by atoms with Crippen LogP contribution in [0.5, 0.6) is 0 Å². The molecule has 2 atom stereocenters. The fourth-order valence-electron chi connectivity index (χ4n) is 1.55. The normalized spacial score (nSPS) is 28.2. The zero-order valence-electron chi connectivity index (χ0n) is 7.00. The molecule has 2 unspecified atom stereocenters. The highest BCUT2D eigenvalue weighted by Gasteiger charge is 2.27. The van der Waals surface area contributed by atoms with Crippen LogP contribution in [0.3, 0.4) is 0 Å². The summed E-state index contributed by atoms with van der Waals surface area (Å²) < 4.78 is 8.22. The van der Waals surface area contributed by atoms with Crippen LogP contribution < -0.4 is 0 Å². The Bertz CT molecular complexity index is 289. The lowest BCUT2D eigenvalue weighted by atomic mass is 10.2. The zero-order valence-corrected chi connectivity index (χ0v) is 11.6. The molecule has 1 aliphatic heterocycles. The van der Waals surface area contributed by atoms with Gasteiger partial charge in [0, 0.05) is 13.8 Å². The first-order valence-corrected chi connectivity index (χ1v) is 7.45. The third-order valence-corrected chi connectivity index (χ3v) is 5.16. The van der Waals surface area contributed by atoms with Crippen LogP contribution in [0.15, 0.2) is 15.9 Å². The fourth-order valence-corrected chi connectivity index (χ4v) is 3.89. The first kappa shape index (κ1) is 10.4. The maximum Gasteiger partial charge on any atom is 0.0933 e. The van der Waals surface area contributed by atoms with Crippen molar-refractivity contribution in [2.75, 3.05) is 4.43 Å². The minimum absolute atomic E-state index is 0.342. The van der Waals surface area contributed by atoms with E-state index in [1.807, 2.05) is 0 Å². The minimum atomic E-state index is 0.342. The van der Waals surface area contributed by atoms with Crippen LogP contribution in [0.4, 0.5) is 0 Å². The Hall–Kier alpha value is 0.870. The Morgan fingerprint density at radius 1 is 1.62 bits per heavy atom. The van der Waals surface area contributed by atoms with Gasteiger partial charge >= 0.3 is 0 Å². The highest BCUT2D eigenvalue weighted by molar-refractivity contribution is 14.1. The zero-order chi connectivity index (χ0) is 9.26. The molecule has 2 rings (SSSR count). The summed E-state index contributed by atoms with van der Waals surface area (Å²) in [5, 5.41) is 2.11. The van der Waals surface area contributed by atoms with Gasteiger partial charge in [-0.05, 0) is 40.2 Å². The van der Waals surface area contributed by atoms with Crippen LogP contribution in [0.25, 0.3) is 0 Å². The summed E-state index contributed by atoms with van der Waals surface area (Å²) in [5.41, 5.74) is 0. The quantitative estimate of drug-likeness (QED) is 0.559. The van der Waals surface area contributed by atoms with E-state index in [0.717, 1.165) is 4.43 Å². The maximum absolute atomic E-state index is 5.91. The molecule has 0 aromatic carbocycles. The van der Waals surface area contributed by atoms with Crippen LogP contribution in [-0.2, 0) is 4.74 Å².